The van der Waals surface area contributed by atoms with Crippen molar-refractivity contribution >= 4 is 11.6 Å². The summed E-state index contributed by atoms with van der Waals surface area (Å²) >= 11 is 0. The lowest BCUT2D eigenvalue weighted by Crippen LogP contribution is -2.36. The van der Waals surface area contributed by atoms with Crippen molar-refractivity contribution in [2.24, 2.45) is 0 Å². The van der Waals surface area contributed by atoms with Crippen LogP contribution in [0.1, 0.15) is 47.3 Å². The number of fused-ring (bicyclic) bond motifs is 1. The third-order valence-electron chi connectivity index (χ3n) is 3.83. The minimum Gasteiger partial charge on any atom is -0.398 e. The summed E-state index contributed by atoms with van der Waals surface area (Å²) in [5, 5.41) is 6.86. The summed E-state index contributed by atoms with van der Waals surface area (Å²) in [6.07, 6.45) is 0.773. The second-order valence-corrected chi connectivity index (χ2v) is 5.66. The Morgan fingerprint density at radius 1 is 1.43 bits per heavy atom. The molecule has 6 nitrogen and oxygen atoms in total. The largest absolute Gasteiger partial charge is 0.398 e. The Morgan fingerprint density at radius 3 is 2.95 bits per heavy atom. The van der Waals surface area contributed by atoms with Gasteiger partial charge in [-0.25, -0.2) is 4.98 Å². The molecule has 1 aliphatic heterocycles. The van der Waals surface area contributed by atoms with E-state index in [4.69, 9.17) is 5.73 Å². The van der Waals surface area contributed by atoms with Gasteiger partial charge in [0.2, 0.25) is 5.82 Å². The van der Waals surface area contributed by atoms with Crippen LogP contribution in [0.25, 0.3) is 0 Å². The molecular weight excluding hydrogens is 266 g/mol. The molecule has 0 bridgehead atoms. The molecule has 1 aliphatic rings. The highest BCUT2D eigenvalue weighted by molar-refractivity contribution is 5.90. The predicted molar refractivity (Wildman–Crippen MR) is 79.8 cm³/mol. The highest BCUT2D eigenvalue weighted by Crippen LogP contribution is 2.24. The van der Waals surface area contributed by atoms with Gasteiger partial charge in [0.05, 0.1) is 0 Å². The summed E-state index contributed by atoms with van der Waals surface area (Å²) in [6.45, 7) is 5.22. The number of carbonyl (C=O) groups excluding carboxylic acids is 1. The number of aromatic amines is 1. The van der Waals surface area contributed by atoms with Crippen molar-refractivity contribution in [2.75, 3.05) is 12.3 Å². The number of aromatic nitrogens is 3. The molecule has 0 saturated heterocycles. The van der Waals surface area contributed by atoms with Crippen LogP contribution in [-0.4, -0.2) is 32.5 Å². The molecular formula is C15H19N5O. The second-order valence-electron chi connectivity index (χ2n) is 5.66. The maximum absolute atomic E-state index is 12.5. The molecule has 0 aliphatic carbocycles. The normalized spacial score (nSPS) is 14.3. The van der Waals surface area contributed by atoms with Crippen LogP contribution in [-0.2, 0) is 13.0 Å². The maximum Gasteiger partial charge on any atom is 0.293 e. The number of benzene rings is 1. The molecule has 0 saturated carbocycles. The second kappa shape index (κ2) is 5.20. The van der Waals surface area contributed by atoms with Gasteiger partial charge in [0.25, 0.3) is 5.91 Å². The van der Waals surface area contributed by atoms with E-state index in [0.29, 0.717) is 13.1 Å². The minimum absolute atomic E-state index is 0.133. The molecule has 1 aromatic heterocycles. The molecule has 0 spiro atoms. The minimum atomic E-state index is -0.133. The lowest BCUT2D eigenvalue weighted by atomic mass is 9.98. The zero-order chi connectivity index (χ0) is 15.0. The van der Waals surface area contributed by atoms with Gasteiger partial charge in [-0.05, 0) is 23.6 Å². The molecule has 1 aromatic carbocycles. The Balaban J connectivity index is 1.80. The van der Waals surface area contributed by atoms with E-state index >= 15 is 0 Å². The number of rotatable bonds is 2. The number of anilines is 1. The van der Waals surface area contributed by atoms with Gasteiger partial charge in [-0.15, -0.1) is 5.10 Å². The maximum atomic E-state index is 12.5. The molecule has 0 atom stereocenters. The molecule has 2 aromatic rings. The van der Waals surface area contributed by atoms with Crippen molar-refractivity contribution in [2.45, 2.75) is 32.7 Å². The molecule has 6 heteroatoms. The standard InChI is InChI=1S/C15H19N5O/c1-9(2)13-17-14(19-18-13)15(21)20-7-6-11-10(8-20)4-3-5-12(11)16/h3-5,9H,6-8,16H2,1-2H3,(H,17,18,19). The smallest absolute Gasteiger partial charge is 0.293 e. The van der Waals surface area contributed by atoms with E-state index in [2.05, 4.69) is 15.2 Å². The average molecular weight is 285 g/mol. The van der Waals surface area contributed by atoms with E-state index in [-0.39, 0.29) is 17.6 Å². The summed E-state index contributed by atoms with van der Waals surface area (Å²) in [5.74, 6) is 1.07. The third-order valence-corrected chi connectivity index (χ3v) is 3.83. The Morgan fingerprint density at radius 2 is 2.24 bits per heavy atom. The summed E-state index contributed by atoms with van der Waals surface area (Å²) in [7, 11) is 0. The lowest BCUT2D eigenvalue weighted by molar-refractivity contribution is 0.0723. The molecule has 2 heterocycles. The van der Waals surface area contributed by atoms with Crippen molar-refractivity contribution < 1.29 is 4.79 Å². The van der Waals surface area contributed by atoms with Crippen molar-refractivity contribution in [3.05, 3.63) is 41.0 Å². The van der Waals surface area contributed by atoms with Crippen molar-refractivity contribution in [1.29, 1.82) is 0 Å². The summed E-state index contributed by atoms with van der Waals surface area (Å²) in [5.41, 5.74) is 9.04. The highest BCUT2D eigenvalue weighted by atomic mass is 16.2. The Labute approximate surface area is 123 Å². The molecule has 110 valence electrons. The molecule has 0 unspecified atom stereocenters. The molecule has 3 rings (SSSR count). The van der Waals surface area contributed by atoms with Crippen LogP contribution in [0.15, 0.2) is 18.2 Å². The van der Waals surface area contributed by atoms with Gasteiger partial charge in [-0.2, -0.15) is 0 Å². The quantitative estimate of drug-likeness (QED) is 0.822. The number of carbonyl (C=O) groups is 1. The molecule has 0 fully saturated rings. The van der Waals surface area contributed by atoms with Gasteiger partial charge < -0.3 is 10.6 Å². The van der Waals surface area contributed by atoms with E-state index in [9.17, 15) is 4.79 Å². The van der Waals surface area contributed by atoms with Crippen LogP contribution in [0.2, 0.25) is 0 Å². The fraction of sp³-hybridized carbons (Fsp3) is 0.400. The van der Waals surface area contributed by atoms with Crippen molar-refractivity contribution in [3.63, 3.8) is 0 Å². The Bertz CT molecular complexity index is 676. The fourth-order valence-electron chi connectivity index (χ4n) is 2.58. The van der Waals surface area contributed by atoms with Crippen LogP contribution >= 0.6 is 0 Å². The lowest BCUT2D eigenvalue weighted by Gasteiger charge is -2.28. The van der Waals surface area contributed by atoms with E-state index < -0.39 is 0 Å². The fourth-order valence-corrected chi connectivity index (χ4v) is 2.58. The molecule has 3 N–H and O–H groups in total. The third kappa shape index (κ3) is 2.49. The number of nitrogen functional groups attached to an aromatic ring is 1. The number of hydrogen-bond donors (Lipinski definition) is 2. The van der Waals surface area contributed by atoms with Crippen LogP contribution in [0.3, 0.4) is 0 Å². The van der Waals surface area contributed by atoms with Crippen molar-refractivity contribution in [1.82, 2.24) is 20.1 Å². The number of H-pyrrole nitrogens is 1. The first kappa shape index (κ1) is 13.6. The Kier molecular flexibility index (Phi) is 3.37. The molecule has 21 heavy (non-hydrogen) atoms. The van der Waals surface area contributed by atoms with Gasteiger partial charge in [0, 0.05) is 24.7 Å². The predicted octanol–water partition coefficient (Wildman–Crippen LogP) is 1.71. The topological polar surface area (TPSA) is 87.9 Å². The van der Waals surface area contributed by atoms with Crippen LogP contribution < -0.4 is 5.73 Å². The van der Waals surface area contributed by atoms with E-state index in [1.54, 1.807) is 4.90 Å². The first-order valence-corrected chi connectivity index (χ1v) is 7.14. The molecule has 0 radical (unpaired) electrons. The van der Waals surface area contributed by atoms with E-state index in [1.807, 2.05) is 32.0 Å². The molecule has 1 amide bonds. The first-order valence-electron chi connectivity index (χ1n) is 7.14. The Hall–Kier alpha value is -2.37. The summed E-state index contributed by atoms with van der Waals surface area (Å²) in [6, 6.07) is 5.84. The zero-order valence-electron chi connectivity index (χ0n) is 12.3. The van der Waals surface area contributed by atoms with Gasteiger partial charge >= 0.3 is 0 Å². The average Bonchev–Trinajstić information content (AvgIpc) is 2.96. The number of nitrogens with two attached hydrogens (primary N) is 1. The number of nitrogens with zero attached hydrogens (tertiary/aromatic N) is 3. The highest BCUT2D eigenvalue weighted by Gasteiger charge is 2.25. The SMILES string of the molecule is CC(C)c1nc(C(=O)N2CCc3c(N)cccc3C2)n[nH]1. The van der Waals surface area contributed by atoms with Gasteiger partial charge in [-0.3, -0.25) is 9.89 Å². The summed E-state index contributed by atoms with van der Waals surface area (Å²) < 4.78 is 0. The van der Waals surface area contributed by atoms with Crippen LogP contribution in [0.4, 0.5) is 5.69 Å². The summed E-state index contributed by atoms with van der Waals surface area (Å²) in [4.78, 5) is 18.5. The monoisotopic (exact) mass is 285 g/mol. The van der Waals surface area contributed by atoms with Crippen LogP contribution in [0, 0.1) is 0 Å². The number of hydrogen-bond acceptors (Lipinski definition) is 4. The van der Waals surface area contributed by atoms with E-state index in [0.717, 1.165) is 29.1 Å². The zero-order valence-corrected chi connectivity index (χ0v) is 12.3. The number of nitrogens with one attached hydrogen (secondary N) is 1. The van der Waals surface area contributed by atoms with Gasteiger partial charge in [0.15, 0.2) is 0 Å². The van der Waals surface area contributed by atoms with Crippen LogP contribution in [0.5, 0.6) is 0 Å². The first-order chi connectivity index (χ1) is 10.1. The van der Waals surface area contributed by atoms with Crippen molar-refractivity contribution in [3.8, 4) is 0 Å². The van der Waals surface area contributed by atoms with Gasteiger partial charge in [-0.1, -0.05) is 26.0 Å². The van der Waals surface area contributed by atoms with Gasteiger partial charge in [0.1, 0.15) is 5.82 Å². The number of amides is 1. The van der Waals surface area contributed by atoms with E-state index in [1.165, 1.54) is 0 Å².